The van der Waals surface area contributed by atoms with Crippen LogP contribution in [0.15, 0.2) is 24.3 Å². The molecule has 1 aliphatic rings. The largest absolute Gasteiger partial charge is 0.356 e. The third-order valence-electron chi connectivity index (χ3n) is 3.97. The molecule has 2 amide bonds. The molecule has 0 aromatic heterocycles. The van der Waals surface area contributed by atoms with E-state index in [9.17, 15) is 14.0 Å². The Labute approximate surface area is 148 Å². The molecule has 1 unspecified atom stereocenters. The molecule has 1 aliphatic heterocycles. The van der Waals surface area contributed by atoms with Gasteiger partial charge >= 0.3 is 0 Å². The molecule has 1 heterocycles. The Kier molecular flexibility index (Phi) is 8.71. The molecular weight excluding hydrogens is 333 g/mol. The average Bonchev–Trinajstić information content (AvgIpc) is 2.55. The summed E-state index contributed by atoms with van der Waals surface area (Å²) in [6.45, 7) is 4.42. The number of benzene rings is 1. The highest BCUT2D eigenvalue weighted by Crippen LogP contribution is 2.24. The van der Waals surface area contributed by atoms with Crippen molar-refractivity contribution < 1.29 is 14.0 Å². The molecule has 2 N–H and O–H groups in total. The summed E-state index contributed by atoms with van der Waals surface area (Å²) in [5.74, 6) is -0.302. The maximum atomic E-state index is 13.4. The van der Waals surface area contributed by atoms with E-state index in [0.717, 1.165) is 12.1 Å². The van der Waals surface area contributed by atoms with E-state index in [-0.39, 0.29) is 36.1 Å². The number of hydrogen-bond donors (Lipinski definition) is 2. The van der Waals surface area contributed by atoms with E-state index in [4.69, 9.17) is 0 Å². The summed E-state index contributed by atoms with van der Waals surface area (Å²) >= 11 is 0. The van der Waals surface area contributed by atoms with Crippen molar-refractivity contribution in [2.75, 3.05) is 26.2 Å². The molecule has 0 radical (unpaired) electrons. The predicted molar refractivity (Wildman–Crippen MR) is 93.5 cm³/mol. The smallest absolute Gasteiger partial charge is 0.223 e. The van der Waals surface area contributed by atoms with Crippen molar-refractivity contribution >= 4 is 24.2 Å². The van der Waals surface area contributed by atoms with Gasteiger partial charge in [0.25, 0.3) is 0 Å². The molecule has 0 spiro atoms. The third kappa shape index (κ3) is 5.76. The lowest BCUT2D eigenvalue weighted by molar-refractivity contribution is -0.134. The standard InChI is InChI=1S/C17H24FN3O2.ClH/c1-2-20-16(22)7-4-8-17(23)21-10-9-19-12-15(21)13-5-3-6-14(18)11-13;/h3,5-6,11,15,19H,2,4,7-10,12H2,1H3,(H,20,22);1H. The van der Waals surface area contributed by atoms with Gasteiger partial charge in [-0.1, -0.05) is 12.1 Å². The Hall–Kier alpha value is -1.66. The van der Waals surface area contributed by atoms with Gasteiger partial charge < -0.3 is 15.5 Å². The topological polar surface area (TPSA) is 61.4 Å². The van der Waals surface area contributed by atoms with Crippen LogP contribution in [-0.4, -0.2) is 42.9 Å². The van der Waals surface area contributed by atoms with Crippen LogP contribution in [0.1, 0.15) is 37.8 Å². The van der Waals surface area contributed by atoms with Gasteiger partial charge in [0, 0.05) is 39.0 Å². The Morgan fingerprint density at radius 1 is 1.38 bits per heavy atom. The van der Waals surface area contributed by atoms with Gasteiger partial charge in [-0.3, -0.25) is 9.59 Å². The monoisotopic (exact) mass is 357 g/mol. The molecule has 1 atom stereocenters. The van der Waals surface area contributed by atoms with Crippen molar-refractivity contribution in [3.8, 4) is 0 Å². The quantitative estimate of drug-likeness (QED) is 0.819. The lowest BCUT2D eigenvalue weighted by Crippen LogP contribution is -2.48. The molecule has 0 aliphatic carbocycles. The summed E-state index contributed by atoms with van der Waals surface area (Å²) in [5, 5.41) is 5.97. The number of carbonyl (C=O) groups is 2. The molecule has 1 fully saturated rings. The van der Waals surface area contributed by atoms with E-state index < -0.39 is 0 Å². The minimum atomic E-state index is -0.295. The van der Waals surface area contributed by atoms with E-state index >= 15 is 0 Å². The van der Waals surface area contributed by atoms with Crippen molar-refractivity contribution in [1.29, 1.82) is 0 Å². The van der Waals surface area contributed by atoms with Crippen LogP contribution in [0.25, 0.3) is 0 Å². The van der Waals surface area contributed by atoms with Crippen LogP contribution in [-0.2, 0) is 9.59 Å². The van der Waals surface area contributed by atoms with Gasteiger partial charge in [-0.25, -0.2) is 4.39 Å². The molecule has 1 aromatic rings. The number of carbonyl (C=O) groups excluding carboxylic acids is 2. The first-order valence-electron chi connectivity index (χ1n) is 8.14. The second-order valence-electron chi connectivity index (χ2n) is 5.67. The van der Waals surface area contributed by atoms with Gasteiger partial charge in [-0.2, -0.15) is 0 Å². The highest BCUT2D eigenvalue weighted by molar-refractivity contribution is 5.85. The maximum Gasteiger partial charge on any atom is 0.223 e. The Balaban J connectivity index is 0.00000288. The van der Waals surface area contributed by atoms with Crippen LogP contribution in [0.2, 0.25) is 0 Å². The van der Waals surface area contributed by atoms with Crippen LogP contribution in [0.3, 0.4) is 0 Å². The number of hydrogen-bond acceptors (Lipinski definition) is 3. The molecular formula is C17H25ClFN3O2. The number of rotatable bonds is 6. The predicted octanol–water partition coefficient (Wildman–Crippen LogP) is 2.03. The third-order valence-corrected chi connectivity index (χ3v) is 3.97. The lowest BCUT2D eigenvalue weighted by atomic mass is 10.0. The van der Waals surface area contributed by atoms with E-state index in [1.165, 1.54) is 12.1 Å². The zero-order valence-corrected chi connectivity index (χ0v) is 14.7. The summed E-state index contributed by atoms with van der Waals surface area (Å²) in [7, 11) is 0. The lowest BCUT2D eigenvalue weighted by Gasteiger charge is -2.36. The Bertz CT molecular complexity index is 556. The minimum absolute atomic E-state index is 0. The second-order valence-corrected chi connectivity index (χ2v) is 5.67. The molecule has 24 heavy (non-hydrogen) atoms. The Morgan fingerprint density at radius 2 is 2.17 bits per heavy atom. The average molecular weight is 358 g/mol. The molecule has 0 saturated carbocycles. The van der Waals surface area contributed by atoms with Gasteiger partial charge in [0.05, 0.1) is 6.04 Å². The maximum absolute atomic E-state index is 13.4. The van der Waals surface area contributed by atoms with E-state index in [0.29, 0.717) is 38.9 Å². The van der Waals surface area contributed by atoms with Crippen LogP contribution in [0, 0.1) is 5.82 Å². The first kappa shape index (κ1) is 20.4. The van der Waals surface area contributed by atoms with E-state index in [2.05, 4.69) is 10.6 Å². The number of halogens is 2. The Morgan fingerprint density at radius 3 is 2.88 bits per heavy atom. The van der Waals surface area contributed by atoms with Crippen molar-refractivity contribution in [1.82, 2.24) is 15.5 Å². The van der Waals surface area contributed by atoms with Crippen LogP contribution >= 0.6 is 12.4 Å². The normalized spacial score (nSPS) is 17.1. The molecule has 0 bridgehead atoms. The number of piperazine rings is 1. The first-order chi connectivity index (χ1) is 11.1. The van der Waals surface area contributed by atoms with Crippen LogP contribution in [0.5, 0.6) is 0 Å². The molecule has 1 saturated heterocycles. The highest BCUT2D eigenvalue weighted by atomic mass is 35.5. The zero-order valence-electron chi connectivity index (χ0n) is 13.9. The number of nitrogens with zero attached hydrogens (tertiary/aromatic N) is 1. The fraction of sp³-hybridized carbons (Fsp3) is 0.529. The van der Waals surface area contributed by atoms with Crippen molar-refractivity contribution in [2.45, 2.75) is 32.2 Å². The van der Waals surface area contributed by atoms with Gasteiger partial charge in [-0.15, -0.1) is 12.4 Å². The molecule has 2 rings (SSSR count). The molecule has 5 nitrogen and oxygen atoms in total. The van der Waals surface area contributed by atoms with E-state index in [1.807, 2.05) is 13.0 Å². The van der Waals surface area contributed by atoms with Crippen LogP contribution in [0.4, 0.5) is 4.39 Å². The number of nitrogens with one attached hydrogen (secondary N) is 2. The fourth-order valence-corrected chi connectivity index (χ4v) is 2.84. The molecule has 7 heteroatoms. The fourth-order valence-electron chi connectivity index (χ4n) is 2.84. The zero-order chi connectivity index (χ0) is 16.7. The first-order valence-corrected chi connectivity index (χ1v) is 8.14. The van der Waals surface area contributed by atoms with Crippen molar-refractivity contribution in [3.05, 3.63) is 35.6 Å². The summed E-state index contributed by atoms with van der Waals surface area (Å²) in [6.07, 6.45) is 1.23. The van der Waals surface area contributed by atoms with Gasteiger partial charge in [0.1, 0.15) is 5.82 Å². The summed E-state index contributed by atoms with van der Waals surface area (Å²) in [5.41, 5.74) is 0.800. The van der Waals surface area contributed by atoms with Gasteiger partial charge in [0.2, 0.25) is 11.8 Å². The highest BCUT2D eigenvalue weighted by Gasteiger charge is 2.27. The molecule has 1 aromatic carbocycles. The summed E-state index contributed by atoms with van der Waals surface area (Å²) < 4.78 is 13.4. The van der Waals surface area contributed by atoms with Gasteiger partial charge in [0.15, 0.2) is 0 Å². The molecule has 134 valence electrons. The van der Waals surface area contributed by atoms with E-state index in [1.54, 1.807) is 11.0 Å². The second kappa shape index (κ2) is 10.3. The number of amides is 2. The van der Waals surface area contributed by atoms with Crippen molar-refractivity contribution in [2.24, 2.45) is 0 Å². The summed E-state index contributed by atoms with van der Waals surface area (Å²) in [4.78, 5) is 25.7. The van der Waals surface area contributed by atoms with Crippen LogP contribution < -0.4 is 10.6 Å². The summed E-state index contributed by atoms with van der Waals surface area (Å²) in [6, 6.07) is 6.23. The van der Waals surface area contributed by atoms with Gasteiger partial charge in [-0.05, 0) is 31.0 Å². The SMILES string of the molecule is CCNC(=O)CCCC(=O)N1CCNCC1c1cccc(F)c1.Cl. The minimum Gasteiger partial charge on any atom is -0.356 e. The van der Waals surface area contributed by atoms with Crippen molar-refractivity contribution in [3.63, 3.8) is 0 Å².